The number of methoxy groups -OCH3 is 1. The fourth-order valence-electron chi connectivity index (χ4n) is 1.84. The van der Waals surface area contributed by atoms with Crippen molar-refractivity contribution in [1.82, 2.24) is 10.6 Å². The fraction of sp³-hybridized carbons (Fsp3) is 0.588. The largest absolute Gasteiger partial charge is 0.496 e. The summed E-state index contributed by atoms with van der Waals surface area (Å²) in [4.78, 5) is 4.65. The highest BCUT2D eigenvalue weighted by Gasteiger charge is 2.08. The normalized spacial score (nSPS) is 12.6. The number of rotatable bonds is 6. The molecule has 1 atom stereocenters. The first kappa shape index (κ1) is 21.0. The van der Waals surface area contributed by atoms with Gasteiger partial charge in [-0.05, 0) is 43.9 Å². The van der Waals surface area contributed by atoms with Crippen LogP contribution in [0.3, 0.4) is 0 Å². The van der Waals surface area contributed by atoms with Crippen LogP contribution in [0.25, 0.3) is 0 Å². The minimum absolute atomic E-state index is 0. The number of ether oxygens (including phenoxy) is 1. The third kappa shape index (κ3) is 6.85. The Hall–Kier alpha value is -0.980. The van der Waals surface area contributed by atoms with E-state index in [1.54, 1.807) is 7.11 Å². The first-order valence-corrected chi connectivity index (χ1v) is 7.66. The predicted octanol–water partition coefficient (Wildman–Crippen LogP) is 3.72. The maximum atomic E-state index is 5.36. The van der Waals surface area contributed by atoms with Crippen molar-refractivity contribution in [2.45, 2.75) is 47.2 Å². The molecule has 0 fully saturated rings. The van der Waals surface area contributed by atoms with E-state index in [0.717, 1.165) is 29.4 Å². The van der Waals surface area contributed by atoms with Crippen LogP contribution in [0.15, 0.2) is 23.2 Å². The lowest BCUT2D eigenvalue weighted by molar-refractivity contribution is 0.411. The number of hydrogen-bond acceptors (Lipinski definition) is 2. The number of hydrogen-bond donors (Lipinski definition) is 2. The molecule has 0 heterocycles. The second-order valence-corrected chi connectivity index (χ2v) is 5.68. The van der Waals surface area contributed by atoms with Crippen molar-refractivity contribution >= 4 is 29.9 Å². The third-order valence-corrected chi connectivity index (χ3v) is 3.60. The van der Waals surface area contributed by atoms with Gasteiger partial charge in [0.1, 0.15) is 5.75 Å². The van der Waals surface area contributed by atoms with E-state index < -0.39 is 0 Å². The van der Waals surface area contributed by atoms with Crippen LogP contribution in [0, 0.1) is 12.8 Å². The highest BCUT2D eigenvalue weighted by atomic mass is 127. The minimum atomic E-state index is 0. The Morgan fingerprint density at radius 1 is 1.27 bits per heavy atom. The summed E-state index contributed by atoms with van der Waals surface area (Å²) in [5.74, 6) is 2.34. The van der Waals surface area contributed by atoms with Crippen LogP contribution in [0.2, 0.25) is 0 Å². The Balaban J connectivity index is 0.00000441. The second-order valence-electron chi connectivity index (χ2n) is 5.68. The van der Waals surface area contributed by atoms with E-state index in [1.807, 2.05) is 13.0 Å². The molecule has 0 amide bonds. The molecule has 0 radical (unpaired) electrons. The Kier molecular flexibility index (Phi) is 10.2. The molecule has 0 aliphatic heterocycles. The van der Waals surface area contributed by atoms with Gasteiger partial charge < -0.3 is 15.4 Å². The lowest BCUT2D eigenvalue weighted by Crippen LogP contribution is -2.44. The zero-order valence-corrected chi connectivity index (χ0v) is 16.9. The zero-order valence-electron chi connectivity index (χ0n) is 14.6. The van der Waals surface area contributed by atoms with Gasteiger partial charge >= 0.3 is 0 Å². The van der Waals surface area contributed by atoms with Crippen molar-refractivity contribution < 1.29 is 4.74 Å². The number of nitrogens with zero attached hydrogens (tertiary/aromatic N) is 1. The summed E-state index contributed by atoms with van der Waals surface area (Å²) >= 11 is 0. The van der Waals surface area contributed by atoms with Crippen molar-refractivity contribution in [3.05, 3.63) is 29.3 Å². The first-order chi connectivity index (χ1) is 9.97. The van der Waals surface area contributed by atoms with Crippen LogP contribution < -0.4 is 15.4 Å². The van der Waals surface area contributed by atoms with Crippen LogP contribution in [0.4, 0.5) is 0 Å². The first-order valence-electron chi connectivity index (χ1n) is 7.66. The highest BCUT2D eigenvalue weighted by molar-refractivity contribution is 14.0. The maximum Gasteiger partial charge on any atom is 0.191 e. The van der Waals surface area contributed by atoms with Crippen LogP contribution in [0.5, 0.6) is 5.75 Å². The zero-order chi connectivity index (χ0) is 15.8. The molecule has 0 saturated heterocycles. The molecule has 0 bridgehead atoms. The molecule has 0 aliphatic rings. The van der Waals surface area contributed by atoms with E-state index in [2.05, 4.69) is 55.5 Å². The molecular formula is C17H30IN3O. The Morgan fingerprint density at radius 2 is 1.95 bits per heavy atom. The molecule has 4 nitrogen and oxygen atoms in total. The van der Waals surface area contributed by atoms with Crippen LogP contribution >= 0.6 is 24.0 Å². The molecule has 126 valence electrons. The molecular weight excluding hydrogens is 389 g/mol. The Labute approximate surface area is 152 Å². The molecule has 0 spiro atoms. The summed E-state index contributed by atoms with van der Waals surface area (Å²) in [5.41, 5.74) is 2.29. The maximum absolute atomic E-state index is 5.36. The lowest BCUT2D eigenvalue weighted by atomic mass is 10.1. The van der Waals surface area contributed by atoms with Crippen LogP contribution in [-0.2, 0) is 6.54 Å². The van der Waals surface area contributed by atoms with E-state index >= 15 is 0 Å². The summed E-state index contributed by atoms with van der Waals surface area (Å²) < 4.78 is 5.36. The summed E-state index contributed by atoms with van der Waals surface area (Å²) in [7, 11) is 1.70. The number of nitrogens with one attached hydrogen (secondary N) is 2. The van der Waals surface area contributed by atoms with Gasteiger partial charge in [0.05, 0.1) is 13.7 Å². The van der Waals surface area contributed by atoms with Crippen molar-refractivity contribution in [3.8, 4) is 5.75 Å². The van der Waals surface area contributed by atoms with Crippen molar-refractivity contribution in [2.75, 3.05) is 13.7 Å². The van der Waals surface area contributed by atoms with Gasteiger partial charge in [-0.1, -0.05) is 26.0 Å². The van der Waals surface area contributed by atoms with Crippen LogP contribution in [-0.4, -0.2) is 25.7 Å². The topological polar surface area (TPSA) is 45.7 Å². The summed E-state index contributed by atoms with van der Waals surface area (Å²) in [6, 6.07) is 6.60. The number of aryl methyl sites for hydroxylation is 1. The van der Waals surface area contributed by atoms with E-state index in [4.69, 9.17) is 4.74 Å². The average molecular weight is 419 g/mol. The molecule has 5 heteroatoms. The molecule has 0 aliphatic carbocycles. The van der Waals surface area contributed by atoms with Gasteiger partial charge in [0.15, 0.2) is 5.96 Å². The predicted molar refractivity (Wildman–Crippen MR) is 105 cm³/mol. The molecule has 0 aromatic heterocycles. The van der Waals surface area contributed by atoms with E-state index in [9.17, 15) is 0 Å². The minimum Gasteiger partial charge on any atom is -0.496 e. The Morgan fingerprint density at radius 3 is 2.50 bits per heavy atom. The fourth-order valence-corrected chi connectivity index (χ4v) is 1.84. The summed E-state index contributed by atoms with van der Waals surface area (Å²) in [6.45, 7) is 12.2. The van der Waals surface area contributed by atoms with Gasteiger partial charge in [-0.25, -0.2) is 4.99 Å². The highest BCUT2D eigenvalue weighted by Crippen LogP contribution is 2.19. The number of benzene rings is 1. The molecule has 1 rings (SSSR count). The summed E-state index contributed by atoms with van der Waals surface area (Å²) in [6.07, 6.45) is 0. The number of aliphatic imine (C=N–C) groups is 1. The average Bonchev–Trinajstić information content (AvgIpc) is 2.46. The van der Waals surface area contributed by atoms with Gasteiger partial charge in [0.25, 0.3) is 0 Å². The molecule has 0 saturated carbocycles. The quantitative estimate of drug-likeness (QED) is 0.420. The van der Waals surface area contributed by atoms with Crippen molar-refractivity contribution in [2.24, 2.45) is 10.9 Å². The molecule has 2 N–H and O–H groups in total. The molecule has 1 aromatic rings. The second kappa shape index (κ2) is 10.7. The van der Waals surface area contributed by atoms with Gasteiger partial charge in [0.2, 0.25) is 0 Å². The smallest absolute Gasteiger partial charge is 0.191 e. The Bertz CT molecular complexity index is 475. The summed E-state index contributed by atoms with van der Waals surface area (Å²) in [5, 5.41) is 6.72. The molecule has 1 aromatic carbocycles. The number of halogens is 1. The SMILES string of the molecule is CCNC(=NCc1ccc(C)c(OC)c1)NC(C)C(C)C.I. The monoisotopic (exact) mass is 419 g/mol. The van der Waals surface area contributed by atoms with Gasteiger partial charge in [-0.2, -0.15) is 0 Å². The van der Waals surface area contributed by atoms with Gasteiger partial charge in [-0.15, -0.1) is 24.0 Å². The van der Waals surface area contributed by atoms with Crippen molar-refractivity contribution in [1.29, 1.82) is 0 Å². The van der Waals surface area contributed by atoms with Crippen LogP contribution in [0.1, 0.15) is 38.8 Å². The lowest BCUT2D eigenvalue weighted by Gasteiger charge is -2.20. The molecule has 1 unspecified atom stereocenters. The van der Waals surface area contributed by atoms with E-state index in [0.29, 0.717) is 18.5 Å². The van der Waals surface area contributed by atoms with Crippen molar-refractivity contribution in [3.63, 3.8) is 0 Å². The number of guanidine groups is 1. The molecule has 22 heavy (non-hydrogen) atoms. The standard InChI is InChI=1S/C17H29N3O.HI/c1-7-18-17(20-14(5)12(2)3)19-11-15-9-8-13(4)16(10-15)21-6;/h8-10,12,14H,7,11H2,1-6H3,(H2,18,19,20);1H. The van der Waals surface area contributed by atoms with E-state index in [1.165, 1.54) is 0 Å². The third-order valence-electron chi connectivity index (χ3n) is 3.60. The van der Waals surface area contributed by atoms with Gasteiger partial charge in [-0.3, -0.25) is 0 Å². The van der Waals surface area contributed by atoms with Gasteiger partial charge in [0, 0.05) is 12.6 Å². The van der Waals surface area contributed by atoms with E-state index in [-0.39, 0.29) is 24.0 Å².